The zero-order chi connectivity index (χ0) is 12.5. The first-order valence-corrected chi connectivity index (χ1v) is 4.84. The minimum atomic E-state index is -4.43. The first-order chi connectivity index (χ1) is 8.02. The lowest BCUT2D eigenvalue weighted by atomic mass is 10.2. The van der Waals surface area contributed by atoms with Crippen LogP contribution in [0.1, 0.15) is 11.3 Å². The molecule has 0 amide bonds. The number of benzene rings is 1. The fraction of sp³-hybridized carbons (Fsp3) is 0.182. The number of aliphatic hydroxyl groups is 1. The second-order valence-corrected chi connectivity index (χ2v) is 3.42. The van der Waals surface area contributed by atoms with E-state index in [4.69, 9.17) is 5.11 Å². The van der Waals surface area contributed by atoms with Crippen LogP contribution in [-0.4, -0.2) is 14.9 Å². The highest BCUT2D eigenvalue weighted by Crippen LogP contribution is 2.33. The highest BCUT2D eigenvalue weighted by molar-refractivity contribution is 5.42. The third-order valence-electron chi connectivity index (χ3n) is 2.26. The van der Waals surface area contributed by atoms with Crippen molar-refractivity contribution in [1.29, 1.82) is 0 Å². The normalized spacial score (nSPS) is 11.8. The van der Waals surface area contributed by atoms with E-state index in [0.29, 0.717) is 5.69 Å². The molecule has 1 aromatic heterocycles. The molecule has 0 spiro atoms. The number of aliphatic hydroxyl groups excluding tert-OH is 1. The fourth-order valence-corrected chi connectivity index (χ4v) is 1.49. The molecular weight excluding hydrogens is 233 g/mol. The largest absolute Gasteiger partial charge is 0.418 e. The van der Waals surface area contributed by atoms with Crippen LogP contribution in [0, 0.1) is 0 Å². The van der Waals surface area contributed by atoms with E-state index < -0.39 is 11.7 Å². The molecule has 0 atom stereocenters. The lowest BCUT2D eigenvalue weighted by Crippen LogP contribution is -2.11. The van der Waals surface area contributed by atoms with Crippen LogP contribution < -0.4 is 0 Å². The molecule has 90 valence electrons. The number of aromatic nitrogens is 2. The van der Waals surface area contributed by atoms with Crippen LogP contribution in [0.25, 0.3) is 5.69 Å². The lowest BCUT2D eigenvalue weighted by molar-refractivity contribution is -0.137. The summed E-state index contributed by atoms with van der Waals surface area (Å²) in [5.41, 5.74) is -0.491. The SMILES string of the molecule is OCc1ccn(-c2ccccc2C(F)(F)F)n1. The quantitative estimate of drug-likeness (QED) is 0.878. The molecule has 17 heavy (non-hydrogen) atoms. The standard InChI is InChI=1S/C11H9F3N2O/c12-11(13,14)9-3-1-2-4-10(9)16-6-5-8(7-17)15-16/h1-6,17H,7H2. The molecule has 2 aromatic rings. The van der Waals surface area contributed by atoms with E-state index in [9.17, 15) is 13.2 Å². The van der Waals surface area contributed by atoms with Crippen LogP contribution >= 0.6 is 0 Å². The lowest BCUT2D eigenvalue weighted by Gasteiger charge is -2.12. The van der Waals surface area contributed by atoms with Gasteiger partial charge in [0, 0.05) is 6.20 Å². The number of halogens is 3. The van der Waals surface area contributed by atoms with Gasteiger partial charge in [0.05, 0.1) is 23.6 Å². The first-order valence-electron chi connectivity index (χ1n) is 4.84. The Kier molecular flexibility index (Phi) is 2.89. The minimum absolute atomic E-state index is 0.0558. The maximum atomic E-state index is 12.7. The van der Waals surface area contributed by atoms with Gasteiger partial charge in [0.1, 0.15) is 0 Å². The second kappa shape index (κ2) is 4.21. The van der Waals surface area contributed by atoms with Gasteiger partial charge in [-0.25, -0.2) is 4.68 Å². The van der Waals surface area contributed by atoms with Crippen molar-refractivity contribution < 1.29 is 18.3 Å². The van der Waals surface area contributed by atoms with Gasteiger partial charge >= 0.3 is 6.18 Å². The van der Waals surface area contributed by atoms with Gasteiger partial charge in [-0.1, -0.05) is 12.1 Å². The highest BCUT2D eigenvalue weighted by atomic mass is 19.4. The van der Waals surface area contributed by atoms with Gasteiger partial charge in [0.2, 0.25) is 0 Å². The van der Waals surface area contributed by atoms with Crippen LogP contribution in [0.5, 0.6) is 0 Å². The van der Waals surface area contributed by atoms with Crippen molar-refractivity contribution in [2.24, 2.45) is 0 Å². The summed E-state index contributed by atoms with van der Waals surface area (Å²) in [6.07, 6.45) is -3.04. The Morgan fingerprint density at radius 2 is 1.88 bits per heavy atom. The Balaban J connectivity index is 2.52. The number of alkyl halides is 3. The van der Waals surface area contributed by atoms with E-state index in [1.54, 1.807) is 0 Å². The molecule has 3 nitrogen and oxygen atoms in total. The van der Waals surface area contributed by atoms with E-state index in [2.05, 4.69) is 5.10 Å². The summed E-state index contributed by atoms with van der Waals surface area (Å²) in [6.45, 7) is -0.304. The molecule has 2 rings (SSSR count). The number of hydrogen-bond donors (Lipinski definition) is 1. The van der Waals surface area contributed by atoms with Crippen molar-refractivity contribution >= 4 is 0 Å². The van der Waals surface area contributed by atoms with E-state index >= 15 is 0 Å². The van der Waals surface area contributed by atoms with Gasteiger partial charge in [-0.3, -0.25) is 0 Å². The average Bonchev–Trinajstić information content (AvgIpc) is 2.76. The molecule has 0 bridgehead atoms. The summed E-state index contributed by atoms with van der Waals surface area (Å²) < 4.78 is 39.3. The van der Waals surface area contributed by atoms with Crippen LogP contribution in [0.3, 0.4) is 0 Å². The summed E-state index contributed by atoms with van der Waals surface area (Å²) in [5.74, 6) is 0. The highest BCUT2D eigenvalue weighted by Gasteiger charge is 2.33. The summed E-state index contributed by atoms with van der Waals surface area (Å²) in [6, 6.07) is 6.62. The van der Waals surface area contributed by atoms with Crippen molar-refractivity contribution in [2.45, 2.75) is 12.8 Å². The molecule has 0 saturated carbocycles. The molecule has 0 aliphatic rings. The van der Waals surface area contributed by atoms with Crippen molar-refractivity contribution in [3.05, 3.63) is 47.8 Å². The van der Waals surface area contributed by atoms with E-state index in [-0.39, 0.29) is 12.3 Å². The molecule has 1 heterocycles. The fourth-order valence-electron chi connectivity index (χ4n) is 1.49. The van der Waals surface area contributed by atoms with Gasteiger partial charge in [-0.15, -0.1) is 0 Å². The Morgan fingerprint density at radius 3 is 2.47 bits per heavy atom. The summed E-state index contributed by atoms with van der Waals surface area (Å²) in [5, 5.41) is 12.7. The molecule has 0 aliphatic carbocycles. The van der Waals surface area contributed by atoms with Gasteiger partial charge in [0.15, 0.2) is 0 Å². The van der Waals surface area contributed by atoms with E-state index in [1.807, 2.05) is 0 Å². The van der Waals surface area contributed by atoms with Crippen LogP contribution in [0.2, 0.25) is 0 Å². The third-order valence-corrected chi connectivity index (χ3v) is 2.26. The molecule has 0 saturated heterocycles. The summed E-state index contributed by atoms with van der Waals surface area (Å²) in [4.78, 5) is 0. The molecule has 0 aliphatic heterocycles. The first kappa shape index (κ1) is 11.7. The van der Waals surface area contributed by atoms with Crippen molar-refractivity contribution in [1.82, 2.24) is 9.78 Å². The Hall–Kier alpha value is -1.82. The van der Waals surface area contributed by atoms with Gasteiger partial charge in [-0.05, 0) is 18.2 Å². The Labute approximate surface area is 95.1 Å². The monoisotopic (exact) mass is 242 g/mol. The molecule has 0 fully saturated rings. The van der Waals surface area contributed by atoms with Crippen molar-refractivity contribution in [2.75, 3.05) is 0 Å². The number of rotatable bonds is 2. The topological polar surface area (TPSA) is 38.0 Å². The average molecular weight is 242 g/mol. The maximum Gasteiger partial charge on any atom is 0.418 e. The van der Waals surface area contributed by atoms with Crippen LogP contribution in [0.15, 0.2) is 36.5 Å². The summed E-state index contributed by atoms with van der Waals surface area (Å²) >= 11 is 0. The van der Waals surface area contributed by atoms with Crippen molar-refractivity contribution in [3.63, 3.8) is 0 Å². The third kappa shape index (κ3) is 2.31. The van der Waals surface area contributed by atoms with Gasteiger partial charge in [-0.2, -0.15) is 18.3 Å². The molecule has 1 aromatic carbocycles. The van der Waals surface area contributed by atoms with Gasteiger partial charge in [0.25, 0.3) is 0 Å². The molecular formula is C11H9F3N2O. The van der Waals surface area contributed by atoms with Crippen LogP contribution in [-0.2, 0) is 12.8 Å². The smallest absolute Gasteiger partial charge is 0.390 e. The Bertz CT molecular complexity index is 519. The molecule has 6 heteroatoms. The number of nitrogens with zero attached hydrogens (tertiary/aromatic N) is 2. The van der Waals surface area contributed by atoms with Crippen LogP contribution in [0.4, 0.5) is 13.2 Å². The summed E-state index contributed by atoms with van der Waals surface area (Å²) in [7, 11) is 0. The number of hydrogen-bond acceptors (Lipinski definition) is 2. The minimum Gasteiger partial charge on any atom is -0.390 e. The predicted molar refractivity (Wildman–Crippen MR) is 54.5 cm³/mol. The van der Waals surface area contributed by atoms with Gasteiger partial charge < -0.3 is 5.11 Å². The zero-order valence-corrected chi connectivity index (χ0v) is 8.65. The molecule has 1 N–H and O–H groups in total. The van der Waals surface area contributed by atoms with E-state index in [0.717, 1.165) is 10.7 Å². The Morgan fingerprint density at radius 1 is 1.18 bits per heavy atom. The second-order valence-electron chi connectivity index (χ2n) is 3.42. The molecule has 0 radical (unpaired) electrons. The zero-order valence-electron chi connectivity index (χ0n) is 8.65. The van der Waals surface area contributed by atoms with E-state index in [1.165, 1.54) is 30.5 Å². The van der Waals surface area contributed by atoms with Crippen molar-refractivity contribution in [3.8, 4) is 5.69 Å². The maximum absolute atomic E-state index is 12.7. The predicted octanol–water partition coefficient (Wildman–Crippen LogP) is 2.38. The number of para-hydroxylation sites is 1. The molecule has 0 unspecified atom stereocenters.